The van der Waals surface area contributed by atoms with Crippen LogP contribution >= 0.6 is 11.3 Å². The van der Waals surface area contributed by atoms with Crippen LogP contribution in [0.15, 0.2) is 24.3 Å². The molecule has 2 nitrogen and oxygen atoms in total. The van der Waals surface area contributed by atoms with E-state index in [9.17, 15) is 0 Å². The van der Waals surface area contributed by atoms with Crippen molar-refractivity contribution in [2.24, 2.45) is 0 Å². The molecule has 3 rings (SSSR count). The highest BCUT2D eigenvalue weighted by Crippen LogP contribution is 2.39. The Hall–Kier alpha value is -0.930. The lowest BCUT2D eigenvalue weighted by Crippen LogP contribution is -2.43. The highest BCUT2D eigenvalue weighted by molar-refractivity contribution is 7.18. The molecule has 0 bridgehead atoms. The maximum Gasteiger partial charge on any atom is 0.101 e. The molecular weight excluding hydrogens is 240 g/mol. The van der Waals surface area contributed by atoms with E-state index in [1.54, 1.807) is 0 Å². The van der Waals surface area contributed by atoms with Crippen LogP contribution in [0.2, 0.25) is 0 Å². The fraction of sp³-hybridized carbons (Fsp3) is 0.533. The molecule has 0 spiro atoms. The van der Waals surface area contributed by atoms with Gasteiger partial charge in [0.25, 0.3) is 0 Å². The predicted molar refractivity (Wildman–Crippen MR) is 78.3 cm³/mol. The summed E-state index contributed by atoms with van der Waals surface area (Å²) >= 11 is 1.89. The molecule has 1 atom stereocenters. The number of fused-ring (bicyclic) bond motifs is 1. The Bertz CT molecular complexity index is 488. The molecule has 1 N–H and O–H groups in total. The summed E-state index contributed by atoms with van der Waals surface area (Å²) in [6, 6.07) is 8.50. The Morgan fingerprint density at radius 2 is 2.28 bits per heavy atom. The number of hydrogen-bond acceptors (Lipinski definition) is 3. The van der Waals surface area contributed by atoms with E-state index in [1.165, 1.54) is 40.9 Å². The number of benzene rings is 1. The third kappa shape index (κ3) is 2.06. The SMILES string of the molecule is CCCC1(c2nc3ccccc3s2)CCCNC1. The quantitative estimate of drug-likeness (QED) is 0.910. The van der Waals surface area contributed by atoms with Crippen LogP contribution < -0.4 is 5.32 Å². The first-order valence-corrected chi connectivity index (χ1v) is 7.72. The minimum atomic E-state index is 0.288. The summed E-state index contributed by atoms with van der Waals surface area (Å²) in [6.45, 7) is 4.54. The van der Waals surface area contributed by atoms with Crippen LogP contribution in [0.5, 0.6) is 0 Å². The zero-order valence-electron chi connectivity index (χ0n) is 10.9. The number of thiazole rings is 1. The number of nitrogens with one attached hydrogen (secondary N) is 1. The van der Waals surface area contributed by atoms with Gasteiger partial charge < -0.3 is 5.32 Å². The zero-order valence-corrected chi connectivity index (χ0v) is 11.7. The minimum absolute atomic E-state index is 0.288. The van der Waals surface area contributed by atoms with Crippen LogP contribution in [0.3, 0.4) is 0 Å². The molecule has 0 amide bonds. The lowest BCUT2D eigenvalue weighted by Gasteiger charge is -2.35. The molecule has 0 saturated carbocycles. The molecule has 1 aliphatic rings. The summed E-state index contributed by atoms with van der Waals surface area (Å²) in [5.41, 5.74) is 1.45. The first kappa shape index (κ1) is 12.1. The van der Waals surface area contributed by atoms with Crippen LogP contribution in [0.1, 0.15) is 37.6 Å². The van der Waals surface area contributed by atoms with Crippen molar-refractivity contribution in [1.82, 2.24) is 10.3 Å². The summed E-state index contributed by atoms with van der Waals surface area (Å²) in [6.07, 6.45) is 5.04. The van der Waals surface area contributed by atoms with Crippen LogP contribution in [0.4, 0.5) is 0 Å². The van der Waals surface area contributed by atoms with Crippen LogP contribution in [0, 0.1) is 0 Å². The van der Waals surface area contributed by atoms with Crippen molar-refractivity contribution < 1.29 is 0 Å². The van der Waals surface area contributed by atoms with Gasteiger partial charge in [-0.3, -0.25) is 0 Å². The lowest BCUT2D eigenvalue weighted by molar-refractivity contribution is 0.290. The molecule has 18 heavy (non-hydrogen) atoms. The zero-order chi connectivity index (χ0) is 12.4. The summed E-state index contributed by atoms with van der Waals surface area (Å²) in [5, 5.41) is 4.92. The fourth-order valence-electron chi connectivity index (χ4n) is 3.05. The molecular formula is C15H20N2S. The molecule has 1 aromatic carbocycles. The van der Waals surface area contributed by atoms with Crippen molar-refractivity contribution in [3.05, 3.63) is 29.3 Å². The van der Waals surface area contributed by atoms with Crippen molar-refractivity contribution >= 4 is 21.6 Å². The molecule has 2 heterocycles. The molecule has 3 heteroatoms. The first-order chi connectivity index (χ1) is 8.84. The summed E-state index contributed by atoms with van der Waals surface area (Å²) in [7, 11) is 0. The van der Waals surface area contributed by atoms with Gasteiger partial charge in [0, 0.05) is 12.0 Å². The van der Waals surface area contributed by atoms with Crippen LogP contribution in [-0.2, 0) is 5.41 Å². The Kier molecular flexibility index (Phi) is 3.35. The fourth-order valence-corrected chi connectivity index (χ4v) is 4.26. The van der Waals surface area contributed by atoms with Crippen molar-refractivity contribution in [2.45, 2.75) is 38.0 Å². The Morgan fingerprint density at radius 3 is 3.00 bits per heavy atom. The highest BCUT2D eigenvalue weighted by atomic mass is 32.1. The van der Waals surface area contributed by atoms with Gasteiger partial charge in [-0.05, 0) is 37.9 Å². The topological polar surface area (TPSA) is 24.9 Å². The second-order valence-corrected chi connectivity index (χ2v) is 6.33. The van der Waals surface area contributed by atoms with Gasteiger partial charge in [-0.1, -0.05) is 25.5 Å². The van der Waals surface area contributed by atoms with E-state index in [0.29, 0.717) is 0 Å². The number of aromatic nitrogens is 1. The molecule has 2 aromatic rings. The van der Waals surface area contributed by atoms with Gasteiger partial charge >= 0.3 is 0 Å². The van der Waals surface area contributed by atoms with Crippen molar-refractivity contribution in [3.63, 3.8) is 0 Å². The summed E-state index contributed by atoms with van der Waals surface area (Å²) < 4.78 is 1.33. The predicted octanol–water partition coefficient (Wildman–Crippen LogP) is 3.72. The largest absolute Gasteiger partial charge is 0.316 e. The average Bonchev–Trinajstić information content (AvgIpc) is 2.84. The molecule has 1 saturated heterocycles. The van der Waals surface area contributed by atoms with Gasteiger partial charge in [0.15, 0.2) is 0 Å². The van der Waals surface area contributed by atoms with E-state index in [2.05, 4.69) is 36.5 Å². The third-order valence-corrected chi connectivity index (χ3v) is 5.23. The first-order valence-electron chi connectivity index (χ1n) is 6.91. The molecule has 1 aromatic heterocycles. The maximum atomic E-state index is 4.91. The van der Waals surface area contributed by atoms with E-state index >= 15 is 0 Å². The third-order valence-electron chi connectivity index (χ3n) is 3.95. The summed E-state index contributed by atoms with van der Waals surface area (Å²) in [4.78, 5) is 4.91. The summed E-state index contributed by atoms with van der Waals surface area (Å²) in [5.74, 6) is 0. The van der Waals surface area contributed by atoms with E-state index in [0.717, 1.165) is 13.1 Å². The van der Waals surface area contributed by atoms with Crippen molar-refractivity contribution in [1.29, 1.82) is 0 Å². The normalized spacial score (nSPS) is 24.5. The van der Waals surface area contributed by atoms with E-state index < -0.39 is 0 Å². The Morgan fingerprint density at radius 1 is 1.39 bits per heavy atom. The molecule has 96 valence electrons. The van der Waals surface area contributed by atoms with E-state index in [1.807, 2.05) is 11.3 Å². The van der Waals surface area contributed by atoms with Gasteiger partial charge in [0.1, 0.15) is 5.01 Å². The Balaban J connectivity index is 2.03. The lowest BCUT2D eigenvalue weighted by atomic mass is 9.77. The van der Waals surface area contributed by atoms with Crippen molar-refractivity contribution in [2.75, 3.05) is 13.1 Å². The number of para-hydroxylation sites is 1. The van der Waals surface area contributed by atoms with Gasteiger partial charge in [-0.2, -0.15) is 0 Å². The van der Waals surface area contributed by atoms with Gasteiger partial charge in [-0.25, -0.2) is 4.98 Å². The van der Waals surface area contributed by atoms with Gasteiger partial charge in [-0.15, -0.1) is 11.3 Å². The van der Waals surface area contributed by atoms with Crippen LogP contribution in [0.25, 0.3) is 10.2 Å². The molecule has 1 unspecified atom stereocenters. The standard InChI is InChI=1S/C15H20N2S/c1-2-8-15(9-5-10-16-11-15)14-17-12-6-3-4-7-13(12)18-14/h3-4,6-7,16H,2,5,8-11H2,1H3. The Labute approximate surface area is 112 Å². The second kappa shape index (κ2) is 4.98. The number of nitrogens with zero attached hydrogens (tertiary/aromatic N) is 1. The van der Waals surface area contributed by atoms with Crippen molar-refractivity contribution in [3.8, 4) is 0 Å². The number of hydrogen-bond donors (Lipinski definition) is 1. The molecule has 1 fully saturated rings. The smallest absolute Gasteiger partial charge is 0.101 e. The minimum Gasteiger partial charge on any atom is -0.316 e. The monoisotopic (exact) mass is 260 g/mol. The van der Waals surface area contributed by atoms with E-state index in [4.69, 9.17) is 4.98 Å². The second-order valence-electron chi connectivity index (χ2n) is 5.30. The molecule has 1 aliphatic heterocycles. The average molecular weight is 260 g/mol. The van der Waals surface area contributed by atoms with Gasteiger partial charge in [0.2, 0.25) is 0 Å². The highest BCUT2D eigenvalue weighted by Gasteiger charge is 2.35. The molecule has 0 aliphatic carbocycles. The van der Waals surface area contributed by atoms with Crippen LogP contribution in [-0.4, -0.2) is 18.1 Å². The van der Waals surface area contributed by atoms with E-state index in [-0.39, 0.29) is 5.41 Å². The number of piperidine rings is 1. The number of rotatable bonds is 3. The maximum absolute atomic E-state index is 4.91. The molecule has 0 radical (unpaired) electrons. The van der Waals surface area contributed by atoms with Gasteiger partial charge in [0.05, 0.1) is 10.2 Å².